The smallest absolute Gasteiger partial charge is 0.323 e. The average molecular weight is 458 g/mol. The number of halogens is 1. The number of rotatable bonds is 3. The highest BCUT2D eigenvalue weighted by Gasteiger charge is 2.34. The van der Waals surface area contributed by atoms with Crippen LogP contribution in [0.15, 0.2) is 85.1 Å². The molecule has 2 amide bonds. The van der Waals surface area contributed by atoms with Crippen LogP contribution in [0.25, 0.3) is 5.69 Å². The van der Waals surface area contributed by atoms with Crippen LogP contribution in [0, 0.1) is 6.92 Å². The number of hydrogen-bond donors (Lipinski definition) is 1. The van der Waals surface area contributed by atoms with E-state index >= 15 is 0 Å². The fourth-order valence-electron chi connectivity index (χ4n) is 4.53. The maximum Gasteiger partial charge on any atom is 0.323 e. The van der Waals surface area contributed by atoms with E-state index in [1.165, 1.54) is 0 Å². The van der Waals surface area contributed by atoms with Crippen LogP contribution >= 0.6 is 11.6 Å². The summed E-state index contributed by atoms with van der Waals surface area (Å²) in [4.78, 5) is 15.7. The number of aryl methyl sites for hydroxylation is 1. The molecule has 166 valence electrons. The molecular formula is C27H24ClN3O2. The largest absolute Gasteiger partial charge is 0.495 e. The van der Waals surface area contributed by atoms with Gasteiger partial charge in [0.1, 0.15) is 11.8 Å². The molecule has 33 heavy (non-hydrogen) atoms. The number of fused-ring (bicyclic) bond motifs is 3. The zero-order chi connectivity index (χ0) is 22.9. The molecule has 2 heterocycles. The molecule has 0 unspecified atom stereocenters. The number of amides is 2. The average Bonchev–Trinajstić information content (AvgIpc) is 3.24. The van der Waals surface area contributed by atoms with Crippen LogP contribution in [0.4, 0.5) is 10.5 Å². The van der Waals surface area contributed by atoms with Crippen molar-refractivity contribution in [2.24, 2.45) is 0 Å². The van der Waals surface area contributed by atoms with Gasteiger partial charge in [-0.05, 0) is 60.0 Å². The molecule has 0 radical (unpaired) electrons. The first-order valence-corrected chi connectivity index (χ1v) is 11.2. The van der Waals surface area contributed by atoms with Crippen molar-refractivity contribution in [3.8, 4) is 11.4 Å². The molecule has 0 fully saturated rings. The van der Waals surface area contributed by atoms with Crippen molar-refractivity contribution in [2.75, 3.05) is 12.4 Å². The Balaban J connectivity index is 1.65. The van der Waals surface area contributed by atoms with E-state index in [-0.39, 0.29) is 12.1 Å². The lowest BCUT2D eigenvalue weighted by molar-refractivity contribution is 0.194. The Bertz CT molecular complexity index is 1330. The Labute approximate surface area is 198 Å². The number of ether oxygens (including phenoxy) is 1. The molecule has 1 aliphatic heterocycles. The Kier molecular flexibility index (Phi) is 5.56. The molecule has 5 rings (SSSR count). The van der Waals surface area contributed by atoms with E-state index in [4.69, 9.17) is 16.3 Å². The summed E-state index contributed by atoms with van der Waals surface area (Å²) in [7, 11) is 1.57. The molecule has 3 aromatic carbocycles. The van der Waals surface area contributed by atoms with E-state index in [9.17, 15) is 4.79 Å². The number of benzene rings is 3. The number of carbonyl (C=O) groups excluding carboxylic acids is 1. The molecule has 0 bridgehead atoms. The van der Waals surface area contributed by atoms with Crippen molar-refractivity contribution in [1.82, 2.24) is 9.47 Å². The van der Waals surface area contributed by atoms with Gasteiger partial charge in [0.2, 0.25) is 0 Å². The molecule has 1 aliphatic rings. The van der Waals surface area contributed by atoms with Gasteiger partial charge < -0.3 is 19.5 Å². The number of anilines is 1. The molecular weight excluding hydrogens is 434 g/mol. The van der Waals surface area contributed by atoms with Gasteiger partial charge in [-0.25, -0.2) is 4.79 Å². The predicted octanol–water partition coefficient (Wildman–Crippen LogP) is 6.58. The lowest BCUT2D eigenvalue weighted by Gasteiger charge is -2.32. The normalized spacial score (nSPS) is 14.8. The van der Waals surface area contributed by atoms with E-state index in [0.717, 1.165) is 28.1 Å². The number of hydrogen-bond acceptors (Lipinski definition) is 2. The quantitative estimate of drug-likeness (QED) is 0.377. The Morgan fingerprint density at radius 3 is 2.64 bits per heavy atom. The highest BCUT2D eigenvalue weighted by Crippen LogP contribution is 2.38. The second-order valence-corrected chi connectivity index (χ2v) is 8.53. The molecule has 1 aromatic heterocycles. The molecule has 0 saturated carbocycles. The fraction of sp³-hybridized carbons (Fsp3) is 0.148. The number of carbonyl (C=O) groups is 1. The standard InChI is InChI=1S/C27H24ClN3O2/c1-18-8-3-5-10-21(18)26-24-12-7-15-30(24)23-11-6-4-9-19(23)17-31(26)27(32)29-22-16-20(28)13-14-25(22)33-2/h3-16,26H,17H2,1-2H3,(H,29,32)/t26-/m0/s1. The van der Waals surface area contributed by atoms with Gasteiger partial charge in [0, 0.05) is 16.9 Å². The molecule has 4 aromatic rings. The van der Waals surface area contributed by atoms with E-state index in [1.807, 2.05) is 35.2 Å². The molecule has 0 aliphatic carbocycles. The lowest BCUT2D eigenvalue weighted by atomic mass is 9.97. The first kappa shape index (κ1) is 21.2. The monoisotopic (exact) mass is 457 g/mol. The third-order valence-electron chi connectivity index (χ3n) is 6.11. The zero-order valence-corrected chi connectivity index (χ0v) is 19.2. The van der Waals surface area contributed by atoms with Gasteiger partial charge in [0.05, 0.1) is 25.0 Å². The summed E-state index contributed by atoms with van der Waals surface area (Å²) >= 11 is 6.21. The predicted molar refractivity (Wildman–Crippen MR) is 131 cm³/mol. The molecule has 0 spiro atoms. The Morgan fingerprint density at radius 2 is 1.82 bits per heavy atom. The maximum absolute atomic E-state index is 13.8. The maximum atomic E-state index is 13.8. The van der Waals surface area contributed by atoms with Crippen LogP contribution in [-0.2, 0) is 6.54 Å². The van der Waals surface area contributed by atoms with Crippen molar-refractivity contribution in [2.45, 2.75) is 19.5 Å². The third kappa shape index (κ3) is 3.85. The summed E-state index contributed by atoms with van der Waals surface area (Å²) in [6.07, 6.45) is 2.06. The molecule has 0 saturated heterocycles. The summed E-state index contributed by atoms with van der Waals surface area (Å²) in [5.41, 5.74) is 5.91. The topological polar surface area (TPSA) is 46.5 Å². The van der Waals surface area contributed by atoms with Gasteiger partial charge in [-0.15, -0.1) is 0 Å². The van der Waals surface area contributed by atoms with E-state index in [2.05, 4.69) is 53.3 Å². The Hall–Kier alpha value is -3.70. The lowest BCUT2D eigenvalue weighted by Crippen LogP contribution is -2.38. The van der Waals surface area contributed by atoms with Gasteiger partial charge in [-0.3, -0.25) is 0 Å². The number of aromatic nitrogens is 1. The fourth-order valence-corrected chi connectivity index (χ4v) is 4.70. The zero-order valence-electron chi connectivity index (χ0n) is 18.5. The molecule has 1 N–H and O–H groups in total. The minimum absolute atomic E-state index is 0.228. The summed E-state index contributed by atoms with van der Waals surface area (Å²) in [5, 5.41) is 3.57. The number of nitrogens with one attached hydrogen (secondary N) is 1. The number of methoxy groups -OCH3 is 1. The van der Waals surface area contributed by atoms with Crippen LogP contribution in [-0.4, -0.2) is 22.6 Å². The van der Waals surface area contributed by atoms with Gasteiger partial charge >= 0.3 is 6.03 Å². The van der Waals surface area contributed by atoms with Crippen LogP contribution in [0.1, 0.15) is 28.4 Å². The van der Waals surface area contributed by atoms with Crippen molar-refractivity contribution in [1.29, 1.82) is 0 Å². The highest BCUT2D eigenvalue weighted by molar-refractivity contribution is 6.31. The summed E-state index contributed by atoms with van der Waals surface area (Å²) in [6, 6.07) is 25.2. The van der Waals surface area contributed by atoms with Crippen molar-refractivity contribution >= 4 is 23.3 Å². The second kappa shape index (κ2) is 8.68. The minimum atomic E-state index is -0.279. The Morgan fingerprint density at radius 1 is 1.03 bits per heavy atom. The highest BCUT2D eigenvalue weighted by atomic mass is 35.5. The number of urea groups is 1. The van der Waals surface area contributed by atoms with Crippen LogP contribution in [0.3, 0.4) is 0 Å². The van der Waals surface area contributed by atoms with E-state index in [1.54, 1.807) is 25.3 Å². The van der Waals surface area contributed by atoms with E-state index in [0.29, 0.717) is 23.0 Å². The van der Waals surface area contributed by atoms with Crippen molar-refractivity contribution in [3.05, 3.63) is 112 Å². The minimum Gasteiger partial charge on any atom is -0.495 e. The molecule has 5 nitrogen and oxygen atoms in total. The van der Waals surface area contributed by atoms with Gasteiger partial charge in [0.25, 0.3) is 0 Å². The molecule has 1 atom stereocenters. The number of nitrogens with zero attached hydrogens (tertiary/aromatic N) is 2. The SMILES string of the molecule is COc1ccc(Cl)cc1NC(=O)N1Cc2ccccc2-n2cccc2[C@@H]1c1ccccc1C. The van der Waals surface area contributed by atoms with Crippen LogP contribution in [0.2, 0.25) is 5.02 Å². The van der Waals surface area contributed by atoms with Crippen molar-refractivity contribution in [3.63, 3.8) is 0 Å². The van der Waals surface area contributed by atoms with Gasteiger partial charge in [0.15, 0.2) is 0 Å². The summed E-state index contributed by atoms with van der Waals surface area (Å²) < 4.78 is 7.63. The van der Waals surface area contributed by atoms with Crippen LogP contribution in [0.5, 0.6) is 5.75 Å². The van der Waals surface area contributed by atoms with Crippen LogP contribution < -0.4 is 10.1 Å². The van der Waals surface area contributed by atoms with Gasteiger partial charge in [-0.1, -0.05) is 54.1 Å². The van der Waals surface area contributed by atoms with E-state index < -0.39 is 0 Å². The first-order valence-electron chi connectivity index (χ1n) is 10.8. The third-order valence-corrected chi connectivity index (χ3v) is 6.35. The number of para-hydroxylation sites is 1. The van der Waals surface area contributed by atoms with Gasteiger partial charge in [-0.2, -0.15) is 0 Å². The summed E-state index contributed by atoms with van der Waals surface area (Å²) in [5.74, 6) is 0.554. The second-order valence-electron chi connectivity index (χ2n) is 8.09. The first-order chi connectivity index (χ1) is 16.1. The summed E-state index contributed by atoms with van der Waals surface area (Å²) in [6.45, 7) is 2.53. The molecule has 6 heteroatoms. The van der Waals surface area contributed by atoms with Crippen molar-refractivity contribution < 1.29 is 9.53 Å².